The van der Waals surface area contributed by atoms with E-state index < -0.39 is 0 Å². The third kappa shape index (κ3) is 4.41. The maximum atomic E-state index is 2.62. The molecule has 0 radical (unpaired) electrons. The molecule has 15 rings (SSSR count). The molecule has 5 aliphatic rings. The molecule has 0 saturated heterocycles. The molecule has 0 atom stereocenters. The van der Waals surface area contributed by atoms with Gasteiger partial charge in [-0.15, -0.1) is 0 Å². The number of hydrogen-bond donors (Lipinski definition) is 0. The van der Waals surface area contributed by atoms with Crippen molar-refractivity contribution in [3.63, 3.8) is 0 Å². The number of fused-ring (bicyclic) bond motifs is 10. The second-order valence-corrected chi connectivity index (χ2v) is 18.8. The van der Waals surface area contributed by atoms with Crippen molar-refractivity contribution < 1.29 is 0 Å². The summed E-state index contributed by atoms with van der Waals surface area (Å²) >= 11 is 0. The first-order valence-electron chi connectivity index (χ1n) is 22.3. The fraction of sp³-hybridized carbons (Fsp3) is 0.167. The SMILES string of the molecule is c1ccc2c3c(ccc2c1)C1(c2ccc(-c4c5ccccc5c(-c5ccc(-c6cc7ccccc7c7ccccc67)cc5)c5ccccc45)cc2-3)C2CC3CC(C2)CC1C3. The van der Waals surface area contributed by atoms with Crippen LogP contribution in [-0.4, -0.2) is 0 Å². The minimum absolute atomic E-state index is 0.139. The fourth-order valence-electron chi connectivity index (χ4n) is 14.0. The molecule has 0 amide bonds. The van der Waals surface area contributed by atoms with Crippen LogP contribution in [0.1, 0.15) is 43.2 Å². The van der Waals surface area contributed by atoms with Crippen LogP contribution in [0.4, 0.5) is 0 Å². The van der Waals surface area contributed by atoms with E-state index in [4.69, 9.17) is 0 Å². The molecule has 10 aromatic rings. The Kier molecular flexibility index (Phi) is 6.82. The van der Waals surface area contributed by atoms with E-state index in [0.717, 1.165) is 23.7 Å². The molecule has 4 fully saturated rings. The predicted octanol–water partition coefficient (Wildman–Crippen LogP) is 16.2. The van der Waals surface area contributed by atoms with Crippen LogP contribution in [0.3, 0.4) is 0 Å². The van der Waals surface area contributed by atoms with E-state index in [1.165, 1.54) is 130 Å². The lowest BCUT2D eigenvalue weighted by Gasteiger charge is -2.61. The lowest BCUT2D eigenvalue weighted by atomic mass is 9.43. The first-order valence-corrected chi connectivity index (χ1v) is 22.3. The largest absolute Gasteiger partial charge is 0.0616 e. The van der Waals surface area contributed by atoms with Gasteiger partial charge >= 0.3 is 0 Å². The van der Waals surface area contributed by atoms with Crippen molar-refractivity contribution >= 4 is 53.9 Å². The Bertz CT molecular complexity index is 3350. The Morgan fingerprint density at radius 2 is 0.783 bits per heavy atom. The lowest BCUT2D eigenvalue weighted by Crippen LogP contribution is -2.55. The van der Waals surface area contributed by atoms with Gasteiger partial charge in [-0.25, -0.2) is 0 Å². The normalized spacial score (nSPS) is 22.4. The Morgan fingerprint density at radius 3 is 1.43 bits per heavy atom. The summed E-state index contributed by atoms with van der Waals surface area (Å²) in [5, 5.41) is 13.2. The average molecular weight is 765 g/mol. The lowest BCUT2D eigenvalue weighted by molar-refractivity contribution is -0.0399. The number of rotatable bonds is 3. The molecule has 10 aromatic carbocycles. The summed E-state index contributed by atoms with van der Waals surface area (Å²) in [5.74, 6) is 3.34. The third-order valence-electron chi connectivity index (χ3n) is 16.0. The molecule has 0 aliphatic heterocycles. The van der Waals surface area contributed by atoms with Crippen molar-refractivity contribution in [2.24, 2.45) is 23.7 Å². The minimum Gasteiger partial charge on any atom is -0.0616 e. The molecular weight excluding hydrogens is 721 g/mol. The van der Waals surface area contributed by atoms with E-state index in [-0.39, 0.29) is 5.41 Å². The summed E-state index contributed by atoms with van der Waals surface area (Å²) < 4.78 is 0. The van der Waals surface area contributed by atoms with Crippen molar-refractivity contribution in [2.75, 3.05) is 0 Å². The summed E-state index contributed by atoms with van der Waals surface area (Å²) in [6, 6.07) is 69.7. The Morgan fingerprint density at radius 1 is 0.300 bits per heavy atom. The zero-order valence-corrected chi connectivity index (χ0v) is 33.7. The summed E-state index contributed by atoms with van der Waals surface area (Å²) in [6.45, 7) is 0. The molecule has 60 heavy (non-hydrogen) atoms. The Balaban J connectivity index is 0.967. The van der Waals surface area contributed by atoms with E-state index in [9.17, 15) is 0 Å². The second-order valence-electron chi connectivity index (χ2n) is 18.8. The predicted molar refractivity (Wildman–Crippen MR) is 254 cm³/mol. The fourth-order valence-corrected chi connectivity index (χ4v) is 14.0. The average Bonchev–Trinajstić information content (AvgIpc) is 3.60. The summed E-state index contributed by atoms with van der Waals surface area (Å²) in [5.41, 5.74) is 14.2. The van der Waals surface area contributed by atoms with Gasteiger partial charge in [-0.3, -0.25) is 0 Å². The highest BCUT2D eigenvalue weighted by Gasteiger charge is 2.61. The molecule has 4 bridgehead atoms. The van der Waals surface area contributed by atoms with Crippen LogP contribution in [-0.2, 0) is 5.41 Å². The summed E-state index contributed by atoms with van der Waals surface area (Å²) in [7, 11) is 0. The van der Waals surface area contributed by atoms with E-state index in [0.29, 0.717) is 0 Å². The first kappa shape index (κ1) is 33.3. The third-order valence-corrected chi connectivity index (χ3v) is 16.0. The zero-order valence-electron chi connectivity index (χ0n) is 33.7. The molecule has 0 heterocycles. The van der Waals surface area contributed by atoms with Gasteiger partial charge in [0.25, 0.3) is 0 Å². The maximum absolute atomic E-state index is 2.62. The highest BCUT2D eigenvalue weighted by Crippen LogP contribution is 2.70. The molecule has 5 aliphatic carbocycles. The van der Waals surface area contributed by atoms with Crippen molar-refractivity contribution in [3.8, 4) is 44.5 Å². The van der Waals surface area contributed by atoms with Gasteiger partial charge in [0.2, 0.25) is 0 Å². The van der Waals surface area contributed by atoms with Crippen molar-refractivity contribution in [2.45, 2.75) is 37.5 Å². The molecule has 4 saturated carbocycles. The van der Waals surface area contributed by atoms with E-state index in [1.807, 2.05) is 0 Å². The van der Waals surface area contributed by atoms with Gasteiger partial charge in [0.15, 0.2) is 0 Å². The van der Waals surface area contributed by atoms with E-state index in [2.05, 4.69) is 182 Å². The van der Waals surface area contributed by atoms with Gasteiger partial charge in [-0.2, -0.15) is 0 Å². The van der Waals surface area contributed by atoms with Gasteiger partial charge in [-0.1, -0.05) is 170 Å². The quantitative estimate of drug-likeness (QED) is 0.124. The summed E-state index contributed by atoms with van der Waals surface area (Å²) in [4.78, 5) is 0. The van der Waals surface area contributed by atoms with Gasteiger partial charge < -0.3 is 0 Å². The second kappa shape index (κ2) is 12.3. The van der Waals surface area contributed by atoms with E-state index in [1.54, 1.807) is 11.1 Å². The van der Waals surface area contributed by atoms with Crippen molar-refractivity contribution in [1.29, 1.82) is 0 Å². The van der Waals surface area contributed by atoms with Crippen LogP contribution >= 0.6 is 0 Å². The number of hydrogen-bond acceptors (Lipinski definition) is 0. The molecular formula is C60H44. The van der Waals surface area contributed by atoms with Crippen LogP contribution in [0, 0.1) is 23.7 Å². The van der Waals surface area contributed by atoms with Gasteiger partial charge in [0.1, 0.15) is 0 Å². The topological polar surface area (TPSA) is 0 Å². The molecule has 0 heteroatoms. The number of benzene rings is 10. The maximum Gasteiger partial charge on any atom is 0.0272 e. The van der Waals surface area contributed by atoms with Crippen LogP contribution in [0.5, 0.6) is 0 Å². The van der Waals surface area contributed by atoms with Crippen LogP contribution in [0.2, 0.25) is 0 Å². The Labute approximate surface area is 351 Å². The van der Waals surface area contributed by atoms with Gasteiger partial charge in [0.05, 0.1) is 0 Å². The smallest absolute Gasteiger partial charge is 0.0272 e. The first-order chi connectivity index (χ1) is 29.7. The van der Waals surface area contributed by atoms with E-state index >= 15 is 0 Å². The van der Waals surface area contributed by atoms with Gasteiger partial charge in [-0.05, 0) is 177 Å². The zero-order chi connectivity index (χ0) is 39.1. The highest BCUT2D eigenvalue weighted by atomic mass is 14.6. The minimum atomic E-state index is 0.139. The molecule has 0 unspecified atom stereocenters. The van der Waals surface area contributed by atoms with Crippen molar-refractivity contribution in [1.82, 2.24) is 0 Å². The van der Waals surface area contributed by atoms with Crippen LogP contribution < -0.4 is 0 Å². The Hall–Kier alpha value is -6.50. The molecule has 0 nitrogen and oxygen atoms in total. The highest BCUT2D eigenvalue weighted by molar-refractivity contribution is 6.22. The molecule has 284 valence electrons. The summed E-state index contributed by atoms with van der Waals surface area (Å²) in [6.07, 6.45) is 7.07. The van der Waals surface area contributed by atoms with Crippen LogP contribution in [0.15, 0.2) is 182 Å². The van der Waals surface area contributed by atoms with Crippen LogP contribution in [0.25, 0.3) is 98.4 Å². The van der Waals surface area contributed by atoms with Crippen molar-refractivity contribution in [3.05, 3.63) is 193 Å². The van der Waals surface area contributed by atoms with Gasteiger partial charge in [0, 0.05) is 5.41 Å². The monoisotopic (exact) mass is 764 g/mol. The molecule has 0 N–H and O–H groups in total. The molecule has 0 aromatic heterocycles. The molecule has 1 spiro atoms. The standard InChI is InChI=1S/C60H44/c1-4-14-46-38(11-1)25-28-56-59(46)54-35-42(26-27-55(54)60(56)43-30-36-29-37(32-43)33-44(60)31-36)58-51-19-9-7-17-49(51)57(50-18-8-10-20-52(50)58)40-23-21-39(22-24-40)53-34-41-12-2-3-13-45(41)47-15-5-6-16-48(47)53/h1-28,34-37,43-44H,29-33H2.